The molecule has 0 radical (unpaired) electrons. The third-order valence-corrected chi connectivity index (χ3v) is 1.55. The Morgan fingerprint density at radius 1 is 1.31 bits per heavy atom. The van der Waals surface area contributed by atoms with Gasteiger partial charge >= 0.3 is 6.15 Å². The Morgan fingerprint density at radius 3 is 2.62 bits per heavy atom. The third kappa shape index (κ3) is 1.98. The van der Waals surface area contributed by atoms with Gasteiger partial charge in [0.25, 0.3) is 0 Å². The zero-order valence-electron chi connectivity index (χ0n) is 6.94. The SMILES string of the molecule is Cc1cccc2n[nH]nc12.O=C=O. The van der Waals surface area contributed by atoms with E-state index < -0.39 is 0 Å². The van der Waals surface area contributed by atoms with E-state index in [0.29, 0.717) is 0 Å². The van der Waals surface area contributed by atoms with Crippen LogP contribution in [0.5, 0.6) is 0 Å². The molecular formula is C8H7N3O2. The maximum absolute atomic E-state index is 8.12. The number of nitrogens with one attached hydrogen (secondary N) is 1. The van der Waals surface area contributed by atoms with Crippen molar-refractivity contribution in [3.8, 4) is 0 Å². The van der Waals surface area contributed by atoms with Crippen LogP contribution in [0.25, 0.3) is 11.0 Å². The molecule has 2 rings (SSSR count). The second kappa shape index (κ2) is 4.13. The Bertz CT molecular complexity index is 430. The summed E-state index contributed by atoms with van der Waals surface area (Å²) in [5, 5.41) is 10.5. The van der Waals surface area contributed by atoms with Crippen LogP contribution in [0.4, 0.5) is 0 Å². The van der Waals surface area contributed by atoms with Gasteiger partial charge in [-0.2, -0.15) is 25.0 Å². The van der Waals surface area contributed by atoms with Crippen LogP contribution in [0, 0.1) is 6.92 Å². The smallest absolute Gasteiger partial charge is 0.197 e. The molecule has 0 fully saturated rings. The van der Waals surface area contributed by atoms with Gasteiger partial charge in [-0.1, -0.05) is 12.1 Å². The summed E-state index contributed by atoms with van der Waals surface area (Å²) in [6.45, 7) is 2.02. The van der Waals surface area contributed by atoms with Gasteiger partial charge in [-0.25, -0.2) is 0 Å². The highest BCUT2D eigenvalue weighted by atomic mass is 16.2. The predicted octanol–water partition coefficient (Wildman–Crippen LogP) is 0.683. The lowest BCUT2D eigenvalue weighted by molar-refractivity contribution is -0.191. The quantitative estimate of drug-likeness (QED) is 0.642. The summed E-state index contributed by atoms with van der Waals surface area (Å²) in [6.07, 6.45) is 0.250. The Hall–Kier alpha value is -2.00. The van der Waals surface area contributed by atoms with E-state index >= 15 is 0 Å². The van der Waals surface area contributed by atoms with Crippen LogP contribution in [-0.4, -0.2) is 21.6 Å². The summed E-state index contributed by atoms with van der Waals surface area (Å²) in [6, 6.07) is 5.93. The molecule has 0 saturated carbocycles. The number of nitrogens with zero attached hydrogens (tertiary/aromatic N) is 2. The number of aromatic amines is 1. The number of para-hydroxylation sites is 1. The molecule has 1 N–H and O–H groups in total. The molecule has 0 aliphatic heterocycles. The molecule has 1 aromatic heterocycles. The van der Waals surface area contributed by atoms with Crippen LogP contribution in [0.3, 0.4) is 0 Å². The first-order chi connectivity index (χ1) is 6.29. The van der Waals surface area contributed by atoms with Crippen molar-refractivity contribution in [2.75, 3.05) is 0 Å². The van der Waals surface area contributed by atoms with Gasteiger partial charge in [0.05, 0.1) is 0 Å². The number of rotatable bonds is 0. The molecule has 66 valence electrons. The monoisotopic (exact) mass is 177 g/mol. The van der Waals surface area contributed by atoms with E-state index in [1.807, 2.05) is 25.1 Å². The summed E-state index contributed by atoms with van der Waals surface area (Å²) < 4.78 is 0. The number of hydrogen-bond acceptors (Lipinski definition) is 4. The van der Waals surface area contributed by atoms with Crippen molar-refractivity contribution in [2.24, 2.45) is 0 Å². The van der Waals surface area contributed by atoms with Gasteiger partial charge < -0.3 is 0 Å². The lowest BCUT2D eigenvalue weighted by Crippen LogP contribution is -1.73. The molecule has 5 nitrogen and oxygen atoms in total. The third-order valence-electron chi connectivity index (χ3n) is 1.55. The number of aryl methyl sites for hydroxylation is 1. The summed E-state index contributed by atoms with van der Waals surface area (Å²) in [5.41, 5.74) is 3.05. The molecule has 0 spiro atoms. The van der Waals surface area contributed by atoms with Crippen LogP contribution >= 0.6 is 0 Å². The maximum atomic E-state index is 8.12. The molecule has 0 amide bonds. The molecule has 0 aliphatic carbocycles. The fourth-order valence-corrected chi connectivity index (χ4v) is 1.01. The fourth-order valence-electron chi connectivity index (χ4n) is 1.01. The van der Waals surface area contributed by atoms with E-state index in [0.717, 1.165) is 16.6 Å². The summed E-state index contributed by atoms with van der Waals surface area (Å²) in [5.74, 6) is 0. The second-order valence-corrected chi connectivity index (χ2v) is 2.35. The molecule has 1 heterocycles. The van der Waals surface area contributed by atoms with Crippen LogP contribution in [0.2, 0.25) is 0 Å². The number of H-pyrrole nitrogens is 1. The van der Waals surface area contributed by atoms with Crippen molar-refractivity contribution in [3.05, 3.63) is 23.8 Å². The molecule has 0 aliphatic rings. The van der Waals surface area contributed by atoms with Crippen LogP contribution in [-0.2, 0) is 9.59 Å². The summed E-state index contributed by atoms with van der Waals surface area (Å²) in [7, 11) is 0. The number of aromatic nitrogens is 3. The van der Waals surface area contributed by atoms with Crippen molar-refractivity contribution in [1.82, 2.24) is 15.4 Å². The minimum atomic E-state index is 0.250. The van der Waals surface area contributed by atoms with E-state index in [9.17, 15) is 0 Å². The number of hydrogen-bond donors (Lipinski definition) is 1. The standard InChI is InChI=1S/C7H7N3.CO2/c1-5-3-2-4-6-7(5)9-10-8-6;2-1-3/h2-4H,1H3,(H,8,9,10);. The van der Waals surface area contributed by atoms with Crippen molar-refractivity contribution in [2.45, 2.75) is 6.92 Å². The van der Waals surface area contributed by atoms with Crippen molar-refractivity contribution >= 4 is 17.2 Å². The normalized spacial score (nSPS) is 8.69. The molecule has 0 bridgehead atoms. The highest BCUT2D eigenvalue weighted by Crippen LogP contribution is 2.10. The Morgan fingerprint density at radius 2 is 2.00 bits per heavy atom. The van der Waals surface area contributed by atoms with Gasteiger partial charge in [0.2, 0.25) is 0 Å². The second-order valence-electron chi connectivity index (χ2n) is 2.35. The molecule has 2 aromatic rings. The first-order valence-electron chi connectivity index (χ1n) is 3.55. The topological polar surface area (TPSA) is 75.7 Å². The fraction of sp³-hybridized carbons (Fsp3) is 0.125. The highest BCUT2D eigenvalue weighted by molar-refractivity contribution is 5.76. The van der Waals surface area contributed by atoms with E-state index in [-0.39, 0.29) is 6.15 Å². The molecule has 13 heavy (non-hydrogen) atoms. The van der Waals surface area contributed by atoms with Crippen molar-refractivity contribution in [3.63, 3.8) is 0 Å². The molecule has 0 saturated heterocycles. The Labute approximate surface area is 73.8 Å². The number of carbonyl (C=O) groups excluding carboxylic acids is 2. The molecule has 1 aromatic carbocycles. The zero-order valence-corrected chi connectivity index (χ0v) is 6.94. The largest absolute Gasteiger partial charge is 0.373 e. The Balaban J connectivity index is 0.000000251. The Kier molecular flexibility index (Phi) is 2.89. The van der Waals surface area contributed by atoms with Gasteiger partial charge in [0, 0.05) is 0 Å². The predicted molar refractivity (Wildman–Crippen MR) is 43.6 cm³/mol. The maximum Gasteiger partial charge on any atom is 0.373 e. The first kappa shape index (κ1) is 9.09. The van der Waals surface area contributed by atoms with Gasteiger partial charge in [0.1, 0.15) is 11.0 Å². The average Bonchev–Trinajstić information content (AvgIpc) is 2.54. The van der Waals surface area contributed by atoms with Crippen molar-refractivity contribution < 1.29 is 9.59 Å². The van der Waals surface area contributed by atoms with Crippen LogP contribution < -0.4 is 0 Å². The van der Waals surface area contributed by atoms with E-state index in [1.165, 1.54) is 0 Å². The van der Waals surface area contributed by atoms with E-state index in [2.05, 4.69) is 15.4 Å². The minimum absolute atomic E-state index is 0.250. The molecule has 5 heteroatoms. The average molecular weight is 177 g/mol. The zero-order chi connectivity index (χ0) is 9.68. The van der Waals surface area contributed by atoms with Gasteiger partial charge in [-0.05, 0) is 18.6 Å². The lowest BCUT2D eigenvalue weighted by atomic mass is 10.2. The highest BCUT2D eigenvalue weighted by Gasteiger charge is 1.97. The first-order valence-corrected chi connectivity index (χ1v) is 3.55. The van der Waals surface area contributed by atoms with Crippen molar-refractivity contribution in [1.29, 1.82) is 0 Å². The van der Waals surface area contributed by atoms with E-state index in [4.69, 9.17) is 9.59 Å². The molecule has 0 unspecified atom stereocenters. The van der Waals surface area contributed by atoms with E-state index in [1.54, 1.807) is 0 Å². The minimum Gasteiger partial charge on any atom is -0.197 e. The number of benzene rings is 1. The van der Waals surface area contributed by atoms with Gasteiger partial charge in [-0.15, -0.1) is 0 Å². The van der Waals surface area contributed by atoms with Gasteiger partial charge in [0.15, 0.2) is 0 Å². The summed E-state index contributed by atoms with van der Waals surface area (Å²) >= 11 is 0. The van der Waals surface area contributed by atoms with Crippen LogP contribution in [0.15, 0.2) is 18.2 Å². The number of fused-ring (bicyclic) bond motifs is 1. The summed E-state index contributed by atoms with van der Waals surface area (Å²) in [4.78, 5) is 16.2. The lowest BCUT2D eigenvalue weighted by Gasteiger charge is -1.88. The molecule has 0 atom stereocenters. The van der Waals surface area contributed by atoms with Crippen LogP contribution in [0.1, 0.15) is 5.56 Å². The molecular weight excluding hydrogens is 170 g/mol. The van der Waals surface area contributed by atoms with Gasteiger partial charge in [-0.3, -0.25) is 0 Å².